The number of nitrogens with one attached hydrogen (secondary N) is 1. The quantitative estimate of drug-likeness (QED) is 0.773. The van der Waals surface area contributed by atoms with E-state index in [0.717, 1.165) is 29.7 Å². The molecule has 0 saturated carbocycles. The number of aliphatic hydroxyl groups excluding tert-OH is 1. The molecule has 1 unspecified atom stereocenters. The van der Waals surface area contributed by atoms with Crippen LogP contribution in [0.4, 0.5) is 8.78 Å². The van der Waals surface area contributed by atoms with E-state index in [1.807, 2.05) is 0 Å². The molecular weight excluding hydrogens is 376 g/mol. The van der Waals surface area contributed by atoms with Crippen molar-refractivity contribution in [1.82, 2.24) is 5.32 Å². The average molecular weight is 403 g/mol. The van der Waals surface area contributed by atoms with Gasteiger partial charge in [0.2, 0.25) is 0 Å². The van der Waals surface area contributed by atoms with Crippen molar-refractivity contribution < 1.29 is 23.4 Å². The number of halogens is 2. The summed E-state index contributed by atoms with van der Waals surface area (Å²) < 4.78 is 38.5. The fourth-order valence-corrected chi connectivity index (χ4v) is 4.15. The van der Waals surface area contributed by atoms with Crippen LogP contribution < -0.4 is 14.8 Å². The lowest BCUT2D eigenvalue weighted by Crippen LogP contribution is -2.44. The van der Waals surface area contributed by atoms with E-state index in [2.05, 4.69) is 12.2 Å². The number of ether oxygens (including phenoxy) is 2. The second kappa shape index (κ2) is 8.67. The van der Waals surface area contributed by atoms with Gasteiger partial charge in [-0.1, -0.05) is 6.92 Å². The van der Waals surface area contributed by atoms with E-state index < -0.39 is 6.10 Å². The zero-order valence-corrected chi connectivity index (χ0v) is 16.5. The van der Waals surface area contributed by atoms with E-state index in [1.165, 1.54) is 18.2 Å². The molecule has 0 spiro atoms. The van der Waals surface area contributed by atoms with Crippen LogP contribution in [0.15, 0.2) is 36.4 Å². The maximum Gasteiger partial charge on any atom is 0.126 e. The van der Waals surface area contributed by atoms with Gasteiger partial charge in [-0.3, -0.25) is 0 Å². The van der Waals surface area contributed by atoms with Crippen molar-refractivity contribution in [1.29, 1.82) is 0 Å². The molecule has 0 bridgehead atoms. The number of hydrogen-bond donors (Lipinski definition) is 2. The Balaban J connectivity index is 1.24. The molecule has 2 heterocycles. The largest absolute Gasteiger partial charge is 0.490 e. The highest BCUT2D eigenvalue weighted by Crippen LogP contribution is 2.31. The molecule has 29 heavy (non-hydrogen) atoms. The van der Waals surface area contributed by atoms with Crippen molar-refractivity contribution in [2.75, 3.05) is 13.1 Å². The summed E-state index contributed by atoms with van der Waals surface area (Å²) in [5.41, 5.74) is 1.77. The second-order valence-electron chi connectivity index (χ2n) is 8.10. The number of aliphatic hydroxyl groups is 1. The van der Waals surface area contributed by atoms with E-state index in [0.29, 0.717) is 31.7 Å². The summed E-state index contributed by atoms with van der Waals surface area (Å²) in [6, 6.07) is 9.17. The van der Waals surface area contributed by atoms with Crippen molar-refractivity contribution >= 4 is 0 Å². The Kier molecular flexibility index (Phi) is 6.01. The standard InChI is InChI=1S/C23H27F2NO3/c1-14(20-6-2-15-10-17(24)4-8-21(15)28-20)12-26-13-19(27)23-7-3-16-11-18(25)5-9-22(16)29-23/h4-5,8-11,14,19-20,23,26-27H,2-3,6-7,12-13H2,1H3/t14-,19-,20+,23?/m1/s1. The number of aryl methyl sites for hydroxylation is 2. The van der Waals surface area contributed by atoms with Crippen LogP contribution >= 0.6 is 0 Å². The van der Waals surface area contributed by atoms with Crippen LogP contribution in [0.2, 0.25) is 0 Å². The van der Waals surface area contributed by atoms with E-state index in [-0.39, 0.29) is 29.8 Å². The van der Waals surface area contributed by atoms with Gasteiger partial charge in [0, 0.05) is 19.0 Å². The van der Waals surface area contributed by atoms with Crippen molar-refractivity contribution in [3.05, 3.63) is 59.2 Å². The van der Waals surface area contributed by atoms with Crippen LogP contribution in [0.1, 0.15) is 30.9 Å². The predicted octanol–water partition coefficient (Wildman–Crippen LogP) is 3.64. The molecule has 0 amide bonds. The van der Waals surface area contributed by atoms with Gasteiger partial charge in [0.15, 0.2) is 0 Å². The second-order valence-corrected chi connectivity index (χ2v) is 8.10. The SMILES string of the molecule is C[C@H](CNC[C@@H](O)C1CCc2cc(F)ccc2O1)[C@@H]1CCc2cc(F)ccc2O1. The maximum absolute atomic E-state index is 13.3. The van der Waals surface area contributed by atoms with Crippen LogP contribution in [-0.2, 0) is 12.8 Å². The third-order valence-corrected chi connectivity index (χ3v) is 5.88. The molecule has 4 nitrogen and oxygen atoms in total. The molecule has 2 aliphatic heterocycles. The minimum atomic E-state index is -0.642. The molecule has 156 valence electrons. The molecule has 0 aromatic heterocycles. The molecule has 0 saturated heterocycles. The monoisotopic (exact) mass is 403 g/mol. The van der Waals surface area contributed by atoms with Gasteiger partial charge >= 0.3 is 0 Å². The minimum Gasteiger partial charge on any atom is -0.490 e. The summed E-state index contributed by atoms with van der Waals surface area (Å²) in [7, 11) is 0. The van der Waals surface area contributed by atoms with Gasteiger partial charge in [0.1, 0.15) is 41.4 Å². The van der Waals surface area contributed by atoms with Crippen molar-refractivity contribution in [3.8, 4) is 11.5 Å². The van der Waals surface area contributed by atoms with Crippen LogP contribution in [-0.4, -0.2) is 36.5 Å². The Bertz CT molecular complexity index is 791. The van der Waals surface area contributed by atoms with Crippen molar-refractivity contribution in [3.63, 3.8) is 0 Å². The first-order valence-corrected chi connectivity index (χ1v) is 10.3. The molecule has 0 aliphatic carbocycles. The van der Waals surface area contributed by atoms with E-state index in [4.69, 9.17) is 9.47 Å². The Labute approximate surface area is 169 Å². The minimum absolute atomic E-state index is 0.0605. The lowest BCUT2D eigenvalue weighted by Gasteiger charge is -2.32. The van der Waals surface area contributed by atoms with Crippen LogP contribution in [0.3, 0.4) is 0 Å². The van der Waals surface area contributed by atoms with Gasteiger partial charge in [-0.25, -0.2) is 8.78 Å². The Morgan fingerprint density at radius 1 is 0.931 bits per heavy atom. The average Bonchev–Trinajstić information content (AvgIpc) is 2.72. The third kappa shape index (κ3) is 4.70. The summed E-state index contributed by atoms with van der Waals surface area (Å²) in [5, 5.41) is 13.8. The Morgan fingerprint density at radius 2 is 1.48 bits per heavy atom. The summed E-state index contributed by atoms with van der Waals surface area (Å²) in [4.78, 5) is 0. The lowest BCUT2D eigenvalue weighted by atomic mass is 9.94. The van der Waals surface area contributed by atoms with Crippen LogP contribution in [0.25, 0.3) is 0 Å². The fraction of sp³-hybridized carbons (Fsp3) is 0.478. The normalized spacial score (nSPS) is 22.6. The van der Waals surface area contributed by atoms with Gasteiger partial charge in [-0.2, -0.15) is 0 Å². The smallest absolute Gasteiger partial charge is 0.126 e. The molecule has 6 heteroatoms. The Morgan fingerprint density at radius 3 is 2.10 bits per heavy atom. The van der Waals surface area contributed by atoms with Gasteiger partial charge in [-0.15, -0.1) is 0 Å². The predicted molar refractivity (Wildman–Crippen MR) is 106 cm³/mol. The van der Waals surface area contributed by atoms with E-state index >= 15 is 0 Å². The topological polar surface area (TPSA) is 50.7 Å². The molecule has 4 rings (SSSR count). The first-order chi connectivity index (χ1) is 14.0. The highest BCUT2D eigenvalue weighted by molar-refractivity contribution is 5.36. The molecule has 4 atom stereocenters. The van der Waals surface area contributed by atoms with Crippen LogP contribution in [0, 0.1) is 17.6 Å². The maximum atomic E-state index is 13.3. The molecule has 0 fully saturated rings. The van der Waals surface area contributed by atoms with E-state index in [9.17, 15) is 13.9 Å². The summed E-state index contributed by atoms with van der Waals surface area (Å²) in [6.45, 7) is 3.23. The van der Waals surface area contributed by atoms with Gasteiger partial charge < -0.3 is 19.9 Å². The molecule has 2 N–H and O–H groups in total. The first-order valence-electron chi connectivity index (χ1n) is 10.3. The van der Waals surface area contributed by atoms with Gasteiger partial charge in [0.25, 0.3) is 0 Å². The zero-order chi connectivity index (χ0) is 20.4. The Hall–Kier alpha value is -2.18. The summed E-state index contributed by atoms with van der Waals surface area (Å²) in [5.74, 6) is 1.17. The van der Waals surface area contributed by atoms with Gasteiger partial charge in [-0.05, 0) is 73.2 Å². The number of hydrogen-bond acceptors (Lipinski definition) is 4. The fourth-order valence-electron chi connectivity index (χ4n) is 4.15. The lowest BCUT2D eigenvalue weighted by molar-refractivity contribution is 0.0228. The highest BCUT2D eigenvalue weighted by Gasteiger charge is 2.28. The van der Waals surface area contributed by atoms with Crippen molar-refractivity contribution in [2.24, 2.45) is 5.92 Å². The molecule has 2 aromatic carbocycles. The highest BCUT2D eigenvalue weighted by atomic mass is 19.1. The molecule has 0 radical (unpaired) electrons. The number of rotatable bonds is 6. The third-order valence-electron chi connectivity index (χ3n) is 5.88. The summed E-state index contributed by atoms with van der Waals surface area (Å²) >= 11 is 0. The van der Waals surface area contributed by atoms with Crippen LogP contribution in [0.5, 0.6) is 11.5 Å². The zero-order valence-electron chi connectivity index (χ0n) is 16.5. The molecule has 2 aromatic rings. The molecular formula is C23H27F2NO3. The summed E-state index contributed by atoms with van der Waals surface area (Å²) in [6.07, 6.45) is 2.13. The van der Waals surface area contributed by atoms with E-state index in [1.54, 1.807) is 18.2 Å². The number of benzene rings is 2. The molecule has 2 aliphatic rings. The van der Waals surface area contributed by atoms with Crippen molar-refractivity contribution in [2.45, 2.75) is 50.9 Å². The number of fused-ring (bicyclic) bond motifs is 2. The first kappa shape index (κ1) is 20.1. The van der Waals surface area contributed by atoms with Gasteiger partial charge in [0.05, 0.1) is 0 Å².